The Labute approximate surface area is 199 Å². The van der Waals surface area contributed by atoms with Crippen LogP contribution in [-0.4, -0.2) is 37.9 Å². The van der Waals surface area contributed by atoms with E-state index in [1.165, 1.54) is 35.6 Å². The maximum Gasteiger partial charge on any atom is 0.573 e. The lowest BCUT2D eigenvalue weighted by molar-refractivity contribution is -0.274. The minimum atomic E-state index is -4.83. The van der Waals surface area contributed by atoms with Crippen LogP contribution in [0.3, 0.4) is 0 Å². The Morgan fingerprint density at radius 1 is 1.11 bits per heavy atom. The van der Waals surface area contributed by atoms with Gasteiger partial charge in [-0.2, -0.15) is 0 Å². The number of rotatable bonds is 8. The molecule has 2 aromatic heterocycles. The van der Waals surface area contributed by atoms with E-state index in [0.29, 0.717) is 23.4 Å². The molecule has 8 nitrogen and oxygen atoms in total. The number of fused-ring (bicyclic) bond motifs is 1. The van der Waals surface area contributed by atoms with Gasteiger partial charge in [-0.25, -0.2) is 12.4 Å². The van der Waals surface area contributed by atoms with Gasteiger partial charge in [-0.3, -0.25) is 4.98 Å². The summed E-state index contributed by atoms with van der Waals surface area (Å²) in [6.07, 6.45) is -0.519. The van der Waals surface area contributed by atoms with Crippen molar-refractivity contribution in [2.45, 2.75) is 17.8 Å². The number of aromatic nitrogens is 2. The van der Waals surface area contributed by atoms with Crippen molar-refractivity contribution in [1.29, 1.82) is 0 Å². The number of methoxy groups -OCH3 is 1. The fourth-order valence-electron chi connectivity index (χ4n) is 3.61. The van der Waals surface area contributed by atoms with E-state index in [9.17, 15) is 21.6 Å². The Hall–Kier alpha value is -3.77. The Kier molecular flexibility index (Phi) is 6.59. The van der Waals surface area contributed by atoms with Crippen LogP contribution in [0.15, 0.2) is 72.0 Å². The lowest BCUT2D eigenvalue weighted by atomic mass is 10.1. The zero-order chi connectivity index (χ0) is 25.2. The Morgan fingerprint density at radius 2 is 1.91 bits per heavy atom. The van der Waals surface area contributed by atoms with Crippen LogP contribution >= 0.6 is 0 Å². The number of nitrogens with zero attached hydrogens (tertiary/aromatic N) is 2. The third-order valence-electron chi connectivity index (χ3n) is 5.10. The maximum atomic E-state index is 13.3. The van der Waals surface area contributed by atoms with Crippen molar-refractivity contribution in [1.82, 2.24) is 14.3 Å². The van der Waals surface area contributed by atoms with Crippen molar-refractivity contribution in [3.05, 3.63) is 72.7 Å². The minimum absolute atomic E-state index is 0.0354. The highest BCUT2D eigenvalue weighted by atomic mass is 32.2. The van der Waals surface area contributed by atoms with Crippen molar-refractivity contribution in [2.24, 2.45) is 0 Å². The topological polar surface area (TPSA) is 94.5 Å². The number of ether oxygens (including phenoxy) is 2. The summed E-state index contributed by atoms with van der Waals surface area (Å²) in [4.78, 5) is 3.95. The second kappa shape index (κ2) is 9.47. The van der Waals surface area contributed by atoms with Crippen LogP contribution in [-0.2, 0) is 16.6 Å². The maximum absolute atomic E-state index is 13.3. The fourth-order valence-corrected chi connectivity index (χ4v) is 4.96. The summed E-state index contributed by atoms with van der Waals surface area (Å²) in [6, 6.07) is 11.8. The van der Waals surface area contributed by atoms with Gasteiger partial charge in [0.25, 0.3) is 10.0 Å². The molecule has 4 aromatic rings. The molecular formula is C23H21F3N4O4S. The summed E-state index contributed by atoms with van der Waals surface area (Å²) in [5.74, 6) is -0.315. The molecule has 12 heteroatoms. The van der Waals surface area contributed by atoms with Crippen LogP contribution in [0.2, 0.25) is 0 Å². The smallest absolute Gasteiger partial charge is 0.494 e. The van der Waals surface area contributed by atoms with Crippen molar-refractivity contribution in [3.8, 4) is 11.5 Å². The van der Waals surface area contributed by atoms with Crippen LogP contribution in [0.25, 0.3) is 10.9 Å². The normalized spacial score (nSPS) is 12.0. The molecule has 2 aromatic carbocycles. The van der Waals surface area contributed by atoms with E-state index in [0.717, 1.165) is 23.1 Å². The molecule has 0 saturated carbocycles. The van der Waals surface area contributed by atoms with Crippen molar-refractivity contribution >= 4 is 32.3 Å². The molecule has 0 atom stereocenters. The van der Waals surface area contributed by atoms with Gasteiger partial charge in [-0.15, -0.1) is 13.2 Å². The van der Waals surface area contributed by atoms with Gasteiger partial charge >= 0.3 is 6.36 Å². The number of benzene rings is 2. The Balaban J connectivity index is 1.76. The van der Waals surface area contributed by atoms with Gasteiger partial charge in [0.15, 0.2) is 0 Å². The lowest BCUT2D eigenvalue weighted by Gasteiger charge is -2.15. The number of pyridine rings is 1. The third-order valence-corrected chi connectivity index (χ3v) is 6.76. The quantitative estimate of drug-likeness (QED) is 0.360. The molecule has 4 rings (SSSR count). The molecule has 0 aliphatic heterocycles. The summed E-state index contributed by atoms with van der Waals surface area (Å²) in [5, 5.41) is 6.82. The number of hydrogen-bond donors (Lipinski definition) is 2. The predicted octanol–water partition coefficient (Wildman–Crippen LogP) is 4.64. The van der Waals surface area contributed by atoms with Gasteiger partial charge in [0.1, 0.15) is 16.4 Å². The summed E-state index contributed by atoms with van der Waals surface area (Å²) in [6.45, 7) is 0.438. The van der Waals surface area contributed by atoms with Crippen LogP contribution in [0.5, 0.6) is 11.5 Å². The first-order valence-electron chi connectivity index (χ1n) is 10.3. The molecule has 0 aliphatic carbocycles. The van der Waals surface area contributed by atoms with E-state index in [1.54, 1.807) is 37.5 Å². The van der Waals surface area contributed by atoms with Crippen LogP contribution < -0.4 is 20.1 Å². The lowest BCUT2D eigenvalue weighted by Crippen LogP contribution is -2.17. The van der Waals surface area contributed by atoms with E-state index in [2.05, 4.69) is 20.4 Å². The van der Waals surface area contributed by atoms with Gasteiger partial charge in [-0.1, -0.05) is 6.07 Å². The first-order chi connectivity index (χ1) is 16.6. The van der Waals surface area contributed by atoms with Crippen LogP contribution in [0.1, 0.15) is 5.56 Å². The van der Waals surface area contributed by atoms with Crippen LogP contribution in [0, 0.1) is 0 Å². The molecule has 0 aliphatic rings. The van der Waals surface area contributed by atoms with E-state index >= 15 is 0 Å². The van der Waals surface area contributed by atoms with Gasteiger partial charge in [0.05, 0.1) is 18.3 Å². The SMILES string of the molecule is CNCc1cn(S(=O)(=O)c2cccnc2)c2cc(Nc3ccc(OC(F)(F)F)cc3OC)ccc12. The average Bonchev–Trinajstić information content (AvgIpc) is 3.18. The third kappa shape index (κ3) is 5.17. The molecule has 2 N–H and O–H groups in total. The summed E-state index contributed by atoms with van der Waals surface area (Å²) < 4.78 is 74.7. The molecule has 0 amide bonds. The molecule has 35 heavy (non-hydrogen) atoms. The predicted molar refractivity (Wildman–Crippen MR) is 124 cm³/mol. The first kappa shape index (κ1) is 24.4. The molecule has 0 spiro atoms. The summed E-state index contributed by atoms with van der Waals surface area (Å²) >= 11 is 0. The largest absolute Gasteiger partial charge is 0.573 e. The van der Waals surface area contributed by atoms with E-state index in [1.807, 2.05) is 0 Å². The molecule has 0 bridgehead atoms. The number of anilines is 2. The molecule has 0 saturated heterocycles. The van der Waals surface area contributed by atoms with E-state index < -0.39 is 22.1 Å². The van der Waals surface area contributed by atoms with E-state index in [-0.39, 0.29) is 10.6 Å². The van der Waals surface area contributed by atoms with Gasteiger partial charge < -0.3 is 20.1 Å². The molecule has 0 radical (unpaired) electrons. The fraction of sp³-hybridized carbons (Fsp3) is 0.174. The van der Waals surface area contributed by atoms with Gasteiger partial charge in [-0.05, 0) is 49.0 Å². The molecular weight excluding hydrogens is 485 g/mol. The zero-order valence-corrected chi connectivity index (χ0v) is 19.4. The Bertz CT molecular complexity index is 1460. The van der Waals surface area contributed by atoms with Crippen molar-refractivity contribution < 1.29 is 31.1 Å². The van der Waals surface area contributed by atoms with Crippen molar-refractivity contribution in [2.75, 3.05) is 19.5 Å². The number of halogens is 3. The minimum Gasteiger partial charge on any atom is -0.494 e. The highest BCUT2D eigenvalue weighted by Gasteiger charge is 2.31. The summed E-state index contributed by atoms with van der Waals surface area (Å²) in [5.41, 5.74) is 2.05. The number of nitrogens with one attached hydrogen (secondary N) is 2. The molecule has 0 fully saturated rings. The molecule has 0 unspecified atom stereocenters. The van der Waals surface area contributed by atoms with E-state index in [4.69, 9.17) is 4.74 Å². The first-order valence-corrected chi connectivity index (χ1v) is 11.7. The van der Waals surface area contributed by atoms with Gasteiger partial charge in [0, 0.05) is 42.3 Å². The second-order valence-corrected chi connectivity index (χ2v) is 9.26. The standard InChI is InChI=1S/C23H21F3N4O4S/c1-27-12-15-14-30(35(31,32)18-4-3-9-28-13-18)21-10-16(5-7-19(15)21)29-20-8-6-17(11-22(20)33-2)34-23(24,25)26/h3-11,13-14,27,29H,12H2,1-2H3. The number of alkyl halides is 3. The molecule has 2 heterocycles. The Morgan fingerprint density at radius 3 is 2.57 bits per heavy atom. The monoisotopic (exact) mass is 506 g/mol. The highest BCUT2D eigenvalue weighted by Crippen LogP contribution is 2.35. The van der Waals surface area contributed by atoms with Crippen molar-refractivity contribution in [3.63, 3.8) is 0 Å². The number of hydrogen-bond acceptors (Lipinski definition) is 7. The zero-order valence-electron chi connectivity index (χ0n) is 18.6. The average molecular weight is 507 g/mol. The van der Waals surface area contributed by atoms with Crippen LogP contribution in [0.4, 0.5) is 24.5 Å². The highest BCUT2D eigenvalue weighted by molar-refractivity contribution is 7.90. The molecule has 184 valence electrons. The van der Waals surface area contributed by atoms with Gasteiger partial charge in [0.2, 0.25) is 0 Å². The second-order valence-electron chi connectivity index (χ2n) is 7.44. The summed E-state index contributed by atoms with van der Waals surface area (Å²) in [7, 11) is -0.864.